The number of ether oxygens (including phenoxy) is 1. The second kappa shape index (κ2) is 3.80. The molecule has 0 radical (unpaired) electrons. The van der Waals surface area contributed by atoms with Crippen LogP contribution in [0, 0.1) is 0 Å². The van der Waals surface area contributed by atoms with E-state index in [9.17, 15) is 13.2 Å². The van der Waals surface area contributed by atoms with Crippen molar-refractivity contribution in [3.05, 3.63) is 18.5 Å². The first-order valence-electron chi connectivity index (χ1n) is 5.49. The normalized spacial score (nSPS) is 18.6. The second-order valence-corrected chi connectivity index (χ2v) is 4.38. The summed E-state index contributed by atoms with van der Waals surface area (Å²) < 4.78 is 44.6. The average Bonchev–Trinajstić information content (AvgIpc) is 2.73. The zero-order chi connectivity index (χ0) is 13.7. The van der Waals surface area contributed by atoms with Crippen LogP contribution in [0.2, 0.25) is 0 Å². The molecule has 9 heteroatoms. The van der Waals surface area contributed by atoms with E-state index in [4.69, 9.17) is 0 Å². The van der Waals surface area contributed by atoms with Gasteiger partial charge in [-0.1, -0.05) is 0 Å². The summed E-state index contributed by atoms with van der Waals surface area (Å²) in [6, 6.07) is 3.26. The number of hydrogen-bond acceptors (Lipinski definition) is 5. The zero-order valence-corrected chi connectivity index (χ0v) is 9.92. The van der Waals surface area contributed by atoms with Crippen molar-refractivity contribution in [2.75, 3.05) is 25.1 Å². The summed E-state index contributed by atoms with van der Waals surface area (Å²) in [7, 11) is 1.07. The van der Waals surface area contributed by atoms with Crippen molar-refractivity contribution in [1.29, 1.82) is 0 Å². The fourth-order valence-electron chi connectivity index (χ4n) is 2.04. The molecular weight excluding hydrogens is 263 g/mol. The molecule has 1 saturated heterocycles. The molecular formula is C10H10F3N5O. The Morgan fingerprint density at radius 1 is 1.32 bits per heavy atom. The van der Waals surface area contributed by atoms with Gasteiger partial charge in [-0.25, -0.2) is 0 Å². The Balaban J connectivity index is 1.83. The minimum atomic E-state index is -4.39. The fraction of sp³-hybridized carbons (Fsp3) is 0.500. The molecule has 1 fully saturated rings. The Morgan fingerprint density at radius 2 is 2.05 bits per heavy atom. The fourth-order valence-corrected chi connectivity index (χ4v) is 2.04. The molecule has 0 atom stereocenters. The first kappa shape index (κ1) is 12.2. The van der Waals surface area contributed by atoms with Crippen molar-refractivity contribution in [2.24, 2.45) is 0 Å². The lowest BCUT2D eigenvalue weighted by atomic mass is 9.93. The summed E-state index contributed by atoms with van der Waals surface area (Å²) >= 11 is 0. The Hall–Kier alpha value is -1.90. The van der Waals surface area contributed by atoms with Crippen molar-refractivity contribution < 1.29 is 17.9 Å². The predicted octanol–water partition coefficient (Wildman–Crippen LogP) is 0.892. The molecule has 3 rings (SSSR count). The van der Waals surface area contributed by atoms with Crippen LogP contribution in [-0.4, -0.2) is 51.8 Å². The molecule has 0 bridgehead atoms. The standard InChI is InChI=1S/C10H10F3N5O/c1-19-9(10(11,12)13)4-17(5-9)8-3-2-7-15-14-6-18(7)16-8/h2-3,6H,4-5H2,1H3. The van der Waals surface area contributed by atoms with E-state index in [-0.39, 0.29) is 13.1 Å². The maximum absolute atomic E-state index is 12.9. The van der Waals surface area contributed by atoms with Crippen molar-refractivity contribution in [3.8, 4) is 0 Å². The topological polar surface area (TPSA) is 55.5 Å². The maximum Gasteiger partial charge on any atom is 0.420 e. The van der Waals surface area contributed by atoms with Crippen molar-refractivity contribution in [3.63, 3.8) is 0 Å². The summed E-state index contributed by atoms with van der Waals surface area (Å²) in [5.41, 5.74) is -1.56. The van der Waals surface area contributed by atoms with Crippen molar-refractivity contribution >= 4 is 11.5 Å². The van der Waals surface area contributed by atoms with Gasteiger partial charge in [-0.15, -0.1) is 15.3 Å². The summed E-state index contributed by atoms with van der Waals surface area (Å²) in [6.07, 6.45) is -3.00. The minimum absolute atomic E-state index is 0.270. The summed E-state index contributed by atoms with van der Waals surface area (Å²) in [6.45, 7) is -0.540. The quantitative estimate of drug-likeness (QED) is 0.813. The number of fused-ring (bicyclic) bond motifs is 1. The maximum atomic E-state index is 12.9. The molecule has 3 heterocycles. The van der Waals surface area contributed by atoms with Crippen LogP contribution in [0.25, 0.3) is 5.65 Å². The van der Waals surface area contributed by atoms with Crippen LogP contribution < -0.4 is 4.90 Å². The average molecular weight is 273 g/mol. The van der Waals surface area contributed by atoms with E-state index < -0.39 is 11.8 Å². The molecule has 2 aromatic heterocycles. The van der Waals surface area contributed by atoms with Gasteiger partial charge in [0, 0.05) is 7.11 Å². The molecule has 0 amide bonds. The third-order valence-corrected chi connectivity index (χ3v) is 3.27. The lowest BCUT2D eigenvalue weighted by Crippen LogP contribution is -2.70. The van der Waals surface area contributed by atoms with E-state index in [2.05, 4.69) is 20.0 Å². The molecule has 6 nitrogen and oxygen atoms in total. The van der Waals surface area contributed by atoms with Crippen LogP contribution in [0.4, 0.5) is 19.0 Å². The predicted molar refractivity (Wildman–Crippen MR) is 58.8 cm³/mol. The van der Waals surface area contributed by atoms with E-state index in [1.54, 1.807) is 12.1 Å². The highest BCUT2D eigenvalue weighted by Crippen LogP contribution is 2.41. The minimum Gasteiger partial charge on any atom is -0.365 e. The first-order valence-corrected chi connectivity index (χ1v) is 5.49. The Kier molecular flexibility index (Phi) is 2.43. The number of nitrogens with zero attached hydrogens (tertiary/aromatic N) is 5. The number of aromatic nitrogens is 4. The lowest BCUT2D eigenvalue weighted by molar-refractivity contribution is -0.277. The van der Waals surface area contributed by atoms with E-state index in [0.717, 1.165) is 7.11 Å². The van der Waals surface area contributed by atoms with Gasteiger partial charge in [0.2, 0.25) is 0 Å². The SMILES string of the molecule is COC1(C(F)(F)F)CN(c2ccc3nncn3n2)C1. The van der Waals surface area contributed by atoms with E-state index in [1.807, 2.05) is 0 Å². The number of halogens is 3. The Bertz CT molecular complexity index is 604. The smallest absolute Gasteiger partial charge is 0.365 e. The molecule has 0 N–H and O–H groups in total. The van der Waals surface area contributed by atoms with E-state index in [0.29, 0.717) is 11.5 Å². The lowest BCUT2D eigenvalue weighted by Gasteiger charge is -2.49. The third-order valence-electron chi connectivity index (χ3n) is 3.27. The molecule has 1 aliphatic rings. The molecule has 19 heavy (non-hydrogen) atoms. The van der Waals surface area contributed by atoms with Gasteiger partial charge in [-0.2, -0.15) is 17.7 Å². The van der Waals surface area contributed by atoms with Gasteiger partial charge < -0.3 is 9.64 Å². The number of hydrogen-bond donors (Lipinski definition) is 0. The van der Waals surface area contributed by atoms with Crippen LogP contribution >= 0.6 is 0 Å². The molecule has 0 aromatic carbocycles. The third kappa shape index (κ3) is 1.72. The summed E-state index contributed by atoms with van der Waals surface area (Å²) in [5.74, 6) is 0.434. The second-order valence-electron chi connectivity index (χ2n) is 4.38. The Labute approximate surface area is 105 Å². The zero-order valence-electron chi connectivity index (χ0n) is 9.92. The number of rotatable bonds is 2. The van der Waals surface area contributed by atoms with Gasteiger partial charge in [0.1, 0.15) is 12.1 Å². The Morgan fingerprint density at radius 3 is 2.68 bits per heavy atom. The largest absolute Gasteiger partial charge is 0.420 e. The van der Waals surface area contributed by atoms with Crippen LogP contribution in [0.5, 0.6) is 0 Å². The number of alkyl halides is 3. The van der Waals surface area contributed by atoms with Crippen LogP contribution in [0.1, 0.15) is 0 Å². The van der Waals surface area contributed by atoms with Crippen LogP contribution in [0.3, 0.4) is 0 Å². The molecule has 0 saturated carbocycles. The molecule has 0 spiro atoms. The van der Waals surface area contributed by atoms with Crippen molar-refractivity contribution in [2.45, 2.75) is 11.8 Å². The molecule has 0 unspecified atom stereocenters. The first-order chi connectivity index (χ1) is 8.95. The summed E-state index contributed by atoms with van der Waals surface area (Å²) in [5, 5.41) is 11.6. The van der Waals surface area contributed by atoms with Gasteiger partial charge in [0.05, 0.1) is 13.1 Å². The number of methoxy groups -OCH3 is 1. The highest BCUT2D eigenvalue weighted by molar-refractivity contribution is 5.48. The van der Waals surface area contributed by atoms with Gasteiger partial charge in [-0.05, 0) is 12.1 Å². The van der Waals surface area contributed by atoms with Crippen LogP contribution in [-0.2, 0) is 4.74 Å². The molecule has 1 aliphatic heterocycles. The highest BCUT2D eigenvalue weighted by Gasteiger charge is 2.63. The molecule has 2 aromatic rings. The molecule has 102 valence electrons. The van der Waals surface area contributed by atoms with Gasteiger partial charge in [0.25, 0.3) is 0 Å². The van der Waals surface area contributed by atoms with Crippen molar-refractivity contribution in [1.82, 2.24) is 19.8 Å². The van der Waals surface area contributed by atoms with Gasteiger partial charge in [0.15, 0.2) is 11.2 Å². The monoisotopic (exact) mass is 273 g/mol. The highest BCUT2D eigenvalue weighted by atomic mass is 19.4. The number of anilines is 1. The van der Waals surface area contributed by atoms with E-state index >= 15 is 0 Å². The molecule has 0 aliphatic carbocycles. The van der Waals surface area contributed by atoms with Gasteiger partial charge in [-0.3, -0.25) is 0 Å². The summed E-state index contributed by atoms with van der Waals surface area (Å²) in [4.78, 5) is 1.50. The van der Waals surface area contributed by atoms with E-state index in [1.165, 1.54) is 15.7 Å². The van der Waals surface area contributed by atoms with Crippen LogP contribution in [0.15, 0.2) is 18.5 Å². The van der Waals surface area contributed by atoms with Gasteiger partial charge >= 0.3 is 6.18 Å².